The molecule has 2 fully saturated rings. The van der Waals surface area contributed by atoms with Crippen LogP contribution in [-0.2, 0) is 9.53 Å². The van der Waals surface area contributed by atoms with Crippen molar-refractivity contribution in [3.05, 3.63) is 27.8 Å². The number of amides is 1. The summed E-state index contributed by atoms with van der Waals surface area (Å²) >= 11 is 2.26. The molecule has 5 heteroatoms. The van der Waals surface area contributed by atoms with E-state index in [1.807, 2.05) is 24.3 Å². The summed E-state index contributed by atoms with van der Waals surface area (Å²) in [4.78, 5) is 14.9. The number of ether oxygens (including phenoxy) is 1. The third kappa shape index (κ3) is 3.48. The average Bonchev–Trinajstić information content (AvgIpc) is 2.93. The van der Waals surface area contributed by atoms with Crippen molar-refractivity contribution in [1.29, 1.82) is 0 Å². The zero-order valence-electron chi connectivity index (χ0n) is 14.7. The van der Waals surface area contributed by atoms with Gasteiger partial charge in [-0.15, -0.1) is 0 Å². The Morgan fingerprint density at radius 2 is 2.25 bits per heavy atom. The molecule has 1 heterocycles. The third-order valence-corrected chi connectivity index (χ3v) is 6.07. The molecule has 3 rings (SSSR count). The van der Waals surface area contributed by atoms with Gasteiger partial charge in [-0.1, -0.05) is 26.8 Å². The fourth-order valence-electron chi connectivity index (χ4n) is 4.59. The Morgan fingerprint density at radius 3 is 2.96 bits per heavy atom. The largest absolute Gasteiger partial charge is 0.377 e. The van der Waals surface area contributed by atoms with Gasteiger partial charge < -0.3 is 10.1 Å². The van der Waals surface area contributed by atoms with Gasteiger partial charge in [-0.2, -0.15) is 0 Å². The first kappa shape index (κ1) is 18.1. The van der Waals surface area contributed by atoms with Gasteiger partial charge >= 0.3 is 0 Å². The summed E-state index contributed by atoms with van der Waals surface area (Å²) in [6.07, 6.45) is 2.54. The number of carbonyl (C=O) groups excluding carboxylic acids is 1. The second-order valence-corrected chi connectivity index (χ2v) is 8.78. The Hall–Kier alpha value is -0.660. The number of nitrogens with one attached hydrogen (secondary N) is 1. The Kier molecular flexibility index (Phi) is 5.52. The summed E-state index contributed by atoms with van der Waals surface area (Å²) in [5.74, 6) is 0.653. The number of nitrogens with zero attached hydrogens (tertiary/aromatic N) is 1. The van der Waals surface area contributed by atoms with Crippen LogP contribution in [0.25, 0.3) is 0 Å². The van der Waals surface area contributed by atoms with Crippen LogP contribution < -0.4 is 5.32 Å². The number of benzene rings is 1. The van der Waals surface area contributed by atoms with Crippen LogP contribution in [0.1, 0.15) is 33.6 Å². The summed E-state index contributed by atoms with van der Waals surface area (Å²) in [5, 5.41) is 3.05. The van der Waals surface area contributed by atoms with Crippen molar-refractivity contribution in [2.45, 2.75) is 45.8 Å². The second kappa shape index (κ2) is 7.30. The Labute approximate surface area is 158 Å². The summed E-state index contributed by atoms with van der Waals surface area (Å²) in [7, 11) is 0. The Morgan fingerprint density at radius 1 is 1.46 bits per heavy atom. The fourth-order valence-corrected chi connectivity index (χ4v) is 5.14. The van der Waals surface area contributed by atoms with Crippen molar-refractivity contribution in [2.24, 2.45) is 11.3 Å². The van der Waals surface area contributed by atoms with E-state index in [9.17, 15) is 4.79 Å². The van der Waals surface area contributed by atoms with Crippen molar-refractivity contribution in [3.8, 4) is 0 Å². The van der Waals surface area contributed by atoms with E-state index in [4.69, 9.17) is 4.74 Å². The molecule has 1 amide bonds. The summed E-state index contributed by atoms with van der Waals surface area (Å²) in [5.41, 5.74) is 0.997. The van der Waals surface area contributed by atoms with Gasteiger partial charge in [-0.25, -0.2) is 0 Å². The zero-order chi connectivity index (χ0) is 17.3. The summed E-state index contributed by atoms with van der Waals surface area (Å²) in [6, 6.07) is 8.37. The molecule has 3 atom stereocenters. The minimum atomic E-state index is 0.0728. The molecule has 2 aliphatic rings. The highest BCUT2D eigenvalue weighted by Crippen LogP contribution is 2.54. The number of hydrogen-bond donors (Lipinski definition) is 1. The van der Waals surface area contributed by atoms with Crippen LogP contribution in [-0.4, -0.2) is 42.6 Å². The van der Waals surface area contributed by atoms with Crippen LogP contribution in [0, 0.1) is 14.9 Å². The van der Waals surface area contributed by atoms with E-state index < -0.39 is 0 Å². The molecule has 132 valence electrons. The van der Waals surface area contributed by atoms with Crippen LogP contribution in [0.5, 0.6) is 0 Å². The summed E-state index contributed by atoms with van der Waals surface area (Å²) < 4.78 is 7.04. The monoisotopic (exact) mass is 442 g/mol. The van der Waals surface area contributed by atoms with E-state index in [-0.39, 0.29) is 11.3 Å². The van der Waals surface area contributed by atoms with E-state index in [0.717, 1.165) is 35.3 Å². The zero-order valence-corrected chi connectivity index (χ0v) is 16.9. The lowest BCUT2D eigenvalue weighted by atomic mass is 9.56. The molecule has 4 nitrogen and oxygen atoms in total. The average molecular weight is 442 g/mol. The highest BCUT2D eigenvalue weighted by atomic mass is 127. The maximum absolute atomic E-state index is 12.6. The van der Waals surface area contributed by atoms with Gasteiger partial charge in [0.1, 0.15) is 0 Å². The van der Waals surface area contributed by atoms with Crippen LogP contribution in [0.2, 0.25) is 0 Å². The van der Waals surface area contributed by atoms with Crippen LogP contribution in [0.3, 0.4) is 0 Å². The molecule has 1 saturated heterocycles. The minimum Gasteiger partial charge on any atom is -0.377 e. The van der Waals surface area contributed by atoms with E-state index in [1.54, 1.807) is 0 Å². The molecule has 1 aromatic carbocycles. The molecular weight excluding hydrogens is 415 g/mol. The Balaban J connectivity index is 1.67. The predicted molar refractivity (Wildman–Crippen MR) is 105 cm³/mol. The molecule has 0 bridgehead atoms. The third-order valence-electron chi connectivity index (χ3n) is 5.40. The molecule has 1 aliphatic heterocycles. The number of carbonyl (C=O) groups is 1. The van der Waals surface area contributed by atoms with Crippen molar-refractivity contribution in [1.82, 2.24) is 4.90 Å². The molecule has 1 saturated carbocycles. The standard InChI is InChI=1S/C19H27IN2O2/c1-4-9-22(17-15-8-10-24-18(15)19(17,2)3)12-16(23)21-14-7-5-6-13(20)11-14/h5-7,11,15,17-18H,4,8-10,12H2,1-3H3,(H,21,23)/t15-,17-,18+/m1/s1. The fraction of sp³-hybridized carbons (Fsp3) is 0.632. The Bertz CT molecular complexity index is 605. The van der Waals surface area contributed by atoms with Crippen molar-refractivity contribution >= 4 is 34.2 Å². The lowest BCUT2D eigenvalue weighted by Gasteiger charge is -2.58. The van der Waals surface area contributed by atoms with E-state index in [0.29, 0.717) is 24.6 Å². The molecule has 1 aromatic rings. The van der Waals surface area contributed by atoms with Gasteiger partial charge in [-0.3, -0.25) is 9.69 Å². The lowest BCUT2D eigenvalue weighted by Crippen LogP contribution is -2.67. The molecular formula is C19H27IN2O2. The molecule has 0 unspecified atom stereocenters. The van der Waals surface area contributed by atoms with E-state index >= 15 is 0 Å². The molecule has 1 N–H and O–H groups in total. The molecule has 0 aromatic heterocycles. The number of rotatable bonds is 6. The topological polar surface area (TPSA) is 41.6 Å². The minimum absolute atomic E-state index is 0.0728. The van der Waals surface area contributed by atoms with E-state index in [1.165, 1.54) is 0 Å². The number of anilines is 1. The maximum Gasteiger partial charge on any atom is 0.238 e. The first-order chi connectivity index (χ1) is 11.4. The first-order valence-electron chi connectivity index (χ1n) is 8.84. The normalized spacial score (nSPS) is 27.6. The first-order valence-corrected chi connectivity index (χ1v) is 9.92. The predicted octanol–water partition coefficient (Wildman–Crippen LogP) is 3.76. The maximum atomic E-state index is 12.6. The quantitative estimate of drug-likeness (QED) is 0.683. The molecule has 0 radical (unpaired) electrons. The van der Waals surface area contributed by atoms with Gasteiger partial charge in [0, 0.05) is 33.2 Å². The number of halogens is 1. The molecule has 0 spiro atoms. The second-order valence-electron chi connectivity index (χ2n) is 7.54. The van der Waals surface area contributed by atoms with Gasteiger partial charge in [0.2, 0.25) is 5.91 Å². The van der Waals surface area contributed by atoms with Gasteiger partial charge in [0.25, 0.3) is 0 Å². The van der Waals surface area contributed by atoms with Crippen molar-refractivity contribution < 1.29 is 9.53 Å². The highest BCUT2D eigenvalue weighted by molar-refractivity contribution is 14.1. The number of fused-ring (bicyclic) bond motifs is 1. The molecule has 1 aliphatic carbocycles. The van der Waals surface area contributed by atoms with Crippen LogP contribution in [0.4, 0.5) is 5.69 Å². The smallest absolute Gasteiger partial charge is 0.238 e. The number of hydrogen-bond acceptors (Lipinski definition) is 3. The van der Waals surface area contributed by atoms with Gasteiger partial charge in [0.15, 0.2) is 0 Å². The van der Waals surface area contributed by atoms with E-state index in [2.05, 4.69) is 53.6 Å². The highest BCUT2D eigenvalue weighted by Gasteiger charge is 2.61. The molecule has 24 heavy (non-hydrogen) atoms. The van der Waals surface area contributed by atoms with Crippen LogP contribution >= 0.6 is 22.6 Å². The van der Waals surface area contributed by atoms with Crippen LogP contribution in [0.15, 0.2) is 24.3 Å². The SMILES string of the molecule is CCCN(CC(=O)Nc1cccc(I)c1)[C@@H]1[C@H]2CCO[C@@H]2C1(C)C. The lowest BCUT2D eigenvalue weighted by molar-refractivity contribution is -0.158. The van der Waals surface area contributed by atoms with Gasteiger partial charge in [0.05, 0.1) is 12.6 Å². The van der Waals surface area contributed by atoms with Gasteiger partial charge in [-0.05, 0) is 60.2 Å². The van der Waals surface area contributed by atoms with Crippen molar-refractivity contribution in [3.63, 3.8) is 0 Å². The summed E-state index contributed by atoms with van der Waals surface area (Å²) in [6.45, 7) is 9.02. The van der Waals surface area contributed by atoms with Crippen molar-refractivity contribution in [2.75, 3.05) is 25.0 Å².